The molecule has 0 aromatic heterocycles. The smallest absolute Gasteiger partial charge is 0.243 e. The van der Waals surface area contributed by atoms with E-state index in [2.05, 4.69) is 5.32 Å². The first-order valence-corrected chi connectivity index (χ1v) is 12.9. The van der Waals surface area contributed by atoms with Crippen LogP contribution in [0.5, 0.6) is 5.75 Å². The monoisotopic (exact) mass is 484 g/mol. The van der Waals surface area contributed by atoms with Gasteiger partial charge in [0.25, 0.3) is 0 Å². The zero-order valence-electron chi connectivity index (χ0n) is 20.4. The quantitative estimate of drug-likeness (QED) is 0.394. The average molecular weight is 485 g/mol. The summed E-state index contributed by atoms with van der Waals surface area (Å²) in [5.41, 5.74) is 2.20. The lowest BCUT2D eigenvalue weighted by atomic mass is 9.95. The van der Waals surface area contributed by atoms with Crippen molar-refractivity contribution in [2.45, 2.75) is 83.8 Å². The summed E-state index contributed by atoms with van der Waals surface area (Å²) in [5.74, 6) is 0.671. The summed E-state index contributed by atoms with van der Waals surface area (Å²) in [6.45, 7) is 4.87. The van der Waals surface area contributed by atoms with E-state index in [0.717, 1.165) is 37.0 Å². The maximum absolute atomic E-state index is 13.3. The minimum atomic E-state index is -0.479. The van der Waals surface area contributed by atoms with Gasteiger partial charge in [0.1, 0.15) is 11.8 Å². The van der Waals surface area contributed by atoms with E-state index in [9.17, 15) is 9.59 Å². The van der Waals surface area contributed by atoms with Gasteiger partial charge in [-0.1, -0.05) is 67.6 Å². The molecule has 0 heterocycles. The lowest BCUT2D eigenvalue weighted by molar-refractivity contribution is -0.142. The fraction of sp³-hybridized carbons (Fsp3) is 0.500. The van der Waals surface area contributed by atoms with Crippen LogP contribution in [0.15, 0.2) is 48.5 Å². The van der Waals surface area contributed by atoms with Crippen molar-refractivity contribution in [2.75, 3.05) is 6.61 Å². The Hall–Kier alpha value is -2.53. The number of ether oxygens (including phenoxy) is 1. The minimum Gasteiger partial charge on any atom is -0.494 e. The number of benzene rings is 2. The van der Waals surface area contributed by atoms with Gasteiger partial charge in [-0.05, 0) is 62.4 Å². The highest BCUT2D eigenvalue weighted by Gasteiger charge is 2.30. The van der Waals surface area contributed by atoms with E-state index in [-0.39, 0.29) is 17.9 Å². The Balaban J connectivity index is 1.63. The second-order valence-electron chi connectivity index (χ2n) is 9.18. The molecule has 0 unspecified atom stereocenters. The zero-order valence-corrected chi connectivity index (χ0v) is 21.2. The van der Waals surface area contributed by atoms with Crippen molar-refractivity contribution in [1.82, 2.24) is 10.2 Å². The maximum Gasteiger partial charge on any atom is 0.243 e. The van der Waals surface area contributed by atoms with Gasteiger partial charge in [0, 0.05) is 24.0 Å². The molecule has 0 spiro atoms. The number of halogens is 1. The van der Waals surface area contributed by atoms with E-state index in [1.807, 2.05) is 50.2 Å². The van der Waals surface area contributed by atoms with E-state index in [0.29, 0.717) is 37.4 Å². The summed E-state index contributed by atoms with van der Waals surface area (Å²) < 4.78 is 5.75. The number of aryl methyl sites for hydroxylation is 1. The van der Waals surface area contributed by atoms with Crippen LogP contribution < -0.4 is 10.1 Å². The van der Waals surface area contributed by atoms with Gasteiger partial charge in [0.15, 0.2) is 0 Å². The van der Waals surface area contributed by atoms with Crippen LogP contribution in [0.1, 0.15) is 69.4 Å². The highest BCUT2D eigenvalue weighted by Crippen LogP contribution is 2.20. The molecule has 2 amide bonds. The highest BCUT2D eigenvalue weighted by atomic mass is 35.5. The Bertz CT molecular complexity index is 908. The number of carbonyl (C=O) groups excluding carboxylic acids is 2. The Morgan fingerprint density at radius 1 is 1.06 bits per heavy atom. The fourth-order valence-corrected chi connectivity index (χ4v) is 4.57. The lowest BCUT2D eigenvalue weighted by Gasteiger charge is -2.33. The molecule has 0 aliphatic heterocycles. The average Bonchev–Trinajstić information content (AvgIpc) is 2.84. The molecule has 1 saturated carbocycles. The van der Waals surface area contributed by atoms with Crippen molar-refractivity contribution in [2.24, 2.45) is 0 Å². The van der Waals surface area contributed by atoms with Crippen LogP contribution in [0.2, 0.25) is 5.02 Å². The summed E-state index contributed by atoms with van der Waals surface area (Å²) in [6, 6.07) is 15.1. The molecule has 1 fully saturated rings. The predicted octanol–water partition coefficient (Wildman–Crippen LogP) is 6.06. The molecule has 2 aromatic carbocycles. The van der Waals surface area contributed by atoms with E-state index in [4.69, 9.17) is 16.3 Å². The summed E-state index contributed by atoms with van der Waals surface area (Å²) in [4.78, 5) is 28.3. The number of hydrogen-bond acceptors (Lipinski definition) is 3. The maximum atomic E-state index is 13.3. The number of nitrogens with zero attached hydrogens (tertiary/aromatic N) is 1. The highest BCUT2D eigenvalue weighted by molar-refractivity contribution is 6.30. The van der Waals surface area contributed by atoms with Crippen LogP contribution in [-0.4, -0.2) is 35.4 Å². The summed E-state index contributed by atoms with van der Waals surface area (Å²) >= 11 is 5.92. The summed E-state index contributed by atoms with van der Waals surface area (Å²) in [7, 11) is 0. The van der Waals surface area contributed by atoms with Gasteiger partial charge in [-0.15, -0.1) is 0 Å². The van der Waals surface area contributed by atoms with Crippen molar-refractivity contribution in [3.05, 3.63) is 64.7 Å². The van der Waals surface area contributed by atoms with Crippen LogP contribution in [0.4, 0.5) is 0 Å². The molecule has 1 aliphatic carbocycles. The molecule has 0 bridgehead atoms. The topological polar surface area (TPSA) is 58.6 Å². The van der Waals surface area contributed by atoms with Gasteiger partial charge in [0.05, 0.1) is 6.61 Å². The Morgan fingerprint density at radius 3 is 2.38 bits per heavy atom. The number of carbonyl (C=O) groups is 2. The molecule has 1 aliphatic rings. The van der Waals surface area contributed by atoms with Crippen molar-refractivity contribution < 1.29 is 14.3 Å². The van der Waals surface area contributed by atoms with E-state index >= 15 is 0 Å². The number of hydrogen-bond donors (Lipinski definition) is 1. The molecule has 184 valence electrons. The number of nitrogens with one attached hydrogen (secondary N) is 1. The van der Waals surface area contributed by atoms with Gasteiger partial charge >= 0.3 is 0 Å². The van der Waals surface area contributed by atoms with E-state index < -0.39 is 6.04 Å². The fourth-order valence-electron chi connectivity index (χ4n) is 4.44. The first-order valence-electron chi connectivity index (χ1n) is 12.5. The molecular formula is C28H37ClN2O3. The lowest BCUT2D eigenvalue weighted by Crippen LogP contribution is -2.51. The Kier molecular flexibility index (Phi) is 10.3. The number of rotatable bonds is 11. The van der Waals surface area contributed by atoms with Crippen LogP contribution >= 0.6 is 11.6 Å². The van der Waals surface area contributed by atoms with Gasteiger partial charge in [-0.3, -0.25) is 9.59 Å². The molecule has 2 aromatic rings. The van der Waals surface area contributed by atoms with Crippen LogP contribution in [0.25, 0.3) is 0 Å². The summed E-state index contributed by atoms with van der Waals surface area (Å²) in [5, 5.41) is 3.88. The molecule has 6 heteroatoms. The van der Waals surface area contributed by atoms with Crippen molar-refractivity contribution in [3.63, 3.8) is 0 Å². The van der Waals surface area contributed by atoms with Gasteiger partial charge in [-0.2, -0.15) is 0 Å². The minimum absolute atomic E-state index is 0.0223. The molecule has 0 radical (unpaired) electrons. The molecule has 1 atom stereocenters. The first-order chi connectivity index (χ1) is 16.5. The second kappa shape index (κ2) is 13.4. The standard InChI is InChI=1S/C28H37ClN2O3/c1-3-26(28(33)30-24-8-5-4-6-9-24)31(20-22-13-11-21(2)12-14-22)27(32)10-7-19-34-25-17-15-23(29)16-18-25/h11-18,24,26H,3-10,19-20H2,1-2H3,(H,30,33)/t26-/m1/s1. The first kappa shape index (κ1) is 26.1. The van der Waals surface area contributed by atoms with E-state index in [1.54, 1.807) is 17.0 Å². The third-order valence-corrected chi connectivity index (χ3v) is 6.68. The third kappa shape index (κ3) is 8.05. The van der Waals surface area contributed by atoms with Crippen LogP contribution in [-0.2, 0) is 16.1 Å². The third-order valence-electron chi connectivity index (χ3n) is 6.43. The Labute approximate surface area is 208 Å². The van der Waals surface area contributed by atoms with Crippen molar-refractivity contribution in [3.8, 4) is 5.75 Å². The van der Waals surface area contributed by atoms with Gasteiger partial charge in [-0.25, -0.2) is 0 Å². The molecule has 3 rings (SSSR count). The zero-order chi connectivity index (χ0) is 24.3. The SMILES string of the molecule is CC[C@H](C(=O)NC1CCCCC1)N(Cc1ccc(C)cc1)C(=O)CCCOc1ccc(Cl)cc1. The Morgan fingerprint density at radius 2 is 1.74 bits per heavy atom. The second-order valence-corrected chi connectivity index (χ2v) is 9.62. The molecule has 0 saturated heterocycles. The molecule has 5 nitrogen and oxygen atoms in total. The molecule has 1 N–H and O–H groups in total. The van der Waals surface area contributed by atoms with Crippen LogP contribution in [0, 0.1) is 6.92 Å². The molecular weight excluding hydrogens is 448 g/mol. The molecule has 34 heavy (non-hydrogen) atoms. The van der Waals surface area contributed by atoms with Gasteiger partial charge in [0.2, 0.25) is 11.8 Å². The van der Waals surface area contributed by atoms with Crippen molar-refractivity contribution in [1.29, 1.82) is 0 Å². The van der Waals surface area contributed by atoms with E-state index in [1.165, 1.54) is 12.0 Å². The predicted molar refractivity (Wildman–Crippen MR) is 137 cm³/mol. The largest absolute Gasteiger partial charge is 0.494 e. The number of amides is 2. The van der Waals surface area contributed by atoms with Crippen LogP contribution in [0.3, 0.4) is 0 Å². The normalized spacial score (nSPS) is 14.9. The van der Waals surface area contributed by atoms with Gasteiger partial charge < -0.3 is 15.0 Å². The summed E-state index contributed by atoms with van der Waals surface area (Å²) in [6.07, 6.45) is 7.07. The van der Waals surface area contributed by atoms with Crippen molar-refractivity contribution >= 4 is 23.4 Å².